The Morgan fingerprint density at radius 2 is 1.96 bits per heavy atom. The monoisotopic (exact) mass is 376 g/mol. The van der Waals surface area contributed by atoms with Crippen molar-refractivity contribution in [2.45, 2.75) is 30.7 Å². The molecular weight excluding hydrogens is 348 g/mol. The lowest BCUT2D eigenvalue weighted by Gasteiger charge is -2.32. The van der Waals surface area contributed by atoms with E-state index in [2.05, 4.69) is 32.2 Å². The Hall–Kier alpha value is -1.30. The molecule has 2 aliphatic heterocycles. The molecule has 0 aromatic heterocycles. The lowest BCUT2D eigenvalue weighted by Crippen LogP contribution is -2.47. The van der Waals surface area contributed by atoms with Gasteiger partial charge in [0.1, 0.15) is 0 Å². The first-order valence-corrected chi connectivity index (χ1v) is 10.1. The molecular formula is C20H29ClN4O. The van der Waals surface area contributed by atoms with Crippen LogP contribution in [0.3, 0.4) is 0 Å². The number of guanidine groups is 1. The van der Waals surface area contributed by atoms with Crippen LogP contribution < -0.4 is 5.32 Å². The standard InChI is InChI=1S/C20H29ClN4O/c1-22-19(25-9-6-18(14-25)24-10-12-26-13-11-24)23-15-20(7-8-20)16-2-4-17(21)5-3-16/h2-5,18H,6-15H2,1H3,(H,22,23). The average molecular weight is 377 g/mol. The van der Waals surface area contributed by atoms with E-state index in [1.54, 1.807) is 0 Å². The van der Waals surface area contributed by atoms with Gasteiger partial charge in [-0.25, -0.2) is 0 Å². The minimum Gasteiger partial charge on any atom is -0.379 e. The summed E-state index contributed by atoms with van der Waals surface area (Å²) in [6.45, 7) is 6.94. The Morgan fingerprint density at radius 3 is 2.62 bits per heavy atom. The van der Waals surface area contributed by atoms with E-state index in [0.29, 0.717) is 6.04 Å². The zero-order chi connectivity index (χ0) is 18.0. The number of hydrogen-bond donors (Lipinski definition) is 1. The lowest BCUT2D eigenvalue weighted by molar-refractivity contribution is 0.0195. The van der Waals surface area contributed by atoms with E-state index in [1.165, 1.54) is 24.8 Å². The first kappa shape index (κ1) is 18.1. The molecule has 0 spiro atoms. The maximum atomic E-state index is 6.04. The predicted molar refractivity (Wildman–Crippen MR) is 106 cm³/mol. The van der Waals surface area contributed by atoms with E-state index >= 15 is 0 Å². The predicted octanol–water partition coefficient (Wildman–Crippen LogP) is 2.35. The molecule has 26 heavy (non-hydrogen) atoms. The summed E-state index contributed by atoms with van der Waals surface area (Å²) in [5.41, 5.74) is 1.64. The number of nitrogens with zero attached hydrogens (tertiary/aromatic N) is 3. The highest BCUT2D eigenvalue weighted by molar-refractivity contribution is 6.30. The van der Waals surface area contributed by atoms with Crippen molar-refractivity contribution in [3.05, 3.63) is 34.9 Å². The highest BCUT2D eigenvalue weighted by atomic mass is 35.5. The Morgan fingerprint density at radius 1 is 1.23 bits per heavy atom. The molecule has 1 aromatic rings. The molecule has 2 saturated heterocycles. The van der Waals surface area contributed by atoms with Crippen molar-refractivity contribution in [1.29, 1.82) is 0 Å². The number of aliphatic imine (C=N–C) groups is 1. The second-order valence-electron chi connectivity index (χ2n) is 7.72. The number of morpholine rings is 1. The number of rotatable bonds is 4. The molecule has 3 aliphatic rings. The van der Waals surface area contributed by atoms with Gasteiger partial charge in [0.15, 0.2) is 5.96 Å². The van der Waals surface area contributed by atoms with E-state index in [-0.39, 0.29) is 5.41 Å². The third-order valence-corrected chi connectivity index (χ3v) is 6.38. The van der Waals surface area contributed by atoms with Crippen LogP contribution in [-0.4, -0.2) is 74.8 Å². The summed E-state index contributed by atoms with van der Waals surface area (Å²) >= 11 is 6.04. The second kappa shape index (κ2) is 7.75. The van der Waals surface area contributed by atoms with Gasteiger partial charge in [0.25, 0.3) is 0 Å². The maximum Gasteiger partial charge on any atom is 0.193 e. The summed E-state index contributed by atoms with van der Waals surface area (Å²) < 4.78 is 5.49. The van der Waals surface area contributed by atoms with Crippen molar-refractivity contribution in [2.75, 3.05) is 53.0 Å². The average Bonchev–Trinajstić information content (AvgIpc) is 3.31. The molecule has 6 heteroatoms. The molecule has 1 atom stereocenters. The maximum absolute atomic E-state index is 6.04. The summed E-state index contributed by atoms with van der Waals surface area (Å²) in [4.78, 5) is 9.55. The van der Waals surface area contributed by atoms with Crippen LogP contribution in [0, 0.1) is 0 Å². The van der Waals surface area contributed by atoms with E-state index < -0.39 is 0 Å². The zero-order valence-electron chi connectivity index (χ0n) is 15.6. The van der Waals surface area contributed by atoms with E-state index in [1.807, 2.05) is 19.2 Å². The van der Waals surface area contributed by atoms with Crippen LogP contribution in [0.25, 0.3) is 0 Å². The van der Waals surface area contributed by atoms with Crippen molar-refractivity contribution >= 4 is 17.6 Å². The fourth-order valence-electron chi connectivity index (χ4n) is 4.28. The van der Waals surface area contributed by atoms with Gasteiger partial charge in [-0.1, -0.05) is 23.7 Å². The Bertz CT molecular complexity index is 638. The van der Waals surface area contributed by atoms with Crippen LogP contribution in [0.15, 0.2) is 29.3 Å². The molecule has 1 aliphatic carbocycles. The smallest absolute Gasteiger partial charge is 0.193 e. The van der Waals surface area contributed by atoms with Crippen LogP contribution >= 0.6 is 11.6 Å². The Kier molecular flexibility index (Phi) is 5.39. The van der Waals surface area contributed by atoms with E-state index in [4.69, 9.17) is 16.3 Å². The minimum absolute atomic E-state index is 0.254. The first-order chi connectivity index (χ1) is 12.7. The van der Waals surface area contributed by atoms with Crippen LogP contribution in [0.2, 0.25) is 5.02 Å². The fraction of sp³-hybridized carbons (Fsp3) is 0.650. The van der Waals surface area contributed by atoms with Crippen molar-refractivity contribution in [3.8, 4) is 0 Å². The van der Waals surface area contributed by atoms with Crippen molar-refractivity contribution < 1.29 is 4.74 Å². The highest BCUT2D eigenvalue weighted by Crippen LogP contribution is 2.47. The molecule has 3 fully saturated rings. The molecule has 0 amide bonds. The molecule has 0 radical (unpaired) electrons. The lowest BCUT2D eigenvalue weighted by atomic mass is 9.96. The van der Waals surface area contributed by atoms with Gasteiger partial charge in [-0.15, -0.1) is 0 Å². The van der Waals surface area contributed by atoms with Gasteiger partial charge in [0.05, 0.1) is 13.2 Å². The van der Waals surface area contributed by atoms with Gasteiger partial charge in [-0.2, -0.15) is 0 Å². The third-order valence-electron chi connectivity index (χ3n) is 6.13. The second-order valence-corrected chi connectivity index (χ2v) is 8.16. The molecule has 1 unspecified atom stereocenters. The summed E-state index contributed by atoms with van der Waals surface area (Å²) in [5, 5.41) is 4.46. The number of benzene rings is 1. The van der Waals surface area contributed by atoms with Crippen LogP contribution in [-0.2, 0) is 10.2 Å². The van der Waals surface area contributed by atoms with Crippen LogP contribution in [0.5, 0.6) is 0 Å². The van der Waals surface area contributed by atoms with Gasteiger partial charge in [-0.05, 0) is 37.0 Å². The van der Waals surface area contributed by atoms with Gasteiger partial charge < -0.3 is 15.0 Å². The normalized spacial score (nSPS) is 26.2. The zero-order valence-corrected chi connectivity index (χ0v) is 16.3. The number of hydrogen-bond acceptors (Lipinski definition) is 3. The molecule has 5 nitrogen and oxygen atoms in total. The quantitative estimate of drug-likeness (QED) is 0.647. The number of likely N-dealkylation sites (tertiary alicyclic amines) is 1. The number of halogens is 1. The number of ether oxygens (including phenoxy) is 1. The van der Waals surface area contributed by atoms with Gasteiger partial charge in [0, 0.05) is 56.3 Å². The van der Waals surface area contributed by atoms with Crippen molar-refractivity contribution in [3.63, 3.8) is 0 Å². The van der Waals surface area contributed by atoms with E-state index in [9.17, 15) is 0 Å². The Labute approximate surface area is 161 Å². The molecule has 4 rings (SSSR count). The summed E-state index contributed by atoms with van der Waals surface area (Å²) in [5.74, 6) is 1.04. The molecule has 1 saturated carbocycles. The minimum atomic E-state index is 0.254. The number of nitrogens with one attached hydrogen (secondary N) is 1. The topological polar surface area (TPSA) is 40.1 Å². The van der Waals surface area contributed by atoms with Crippen molar-refractivity contribution in [2.24, 2.45) is 4.99 Å². The van der Waals surface area contributed by atoms with E-state index in [0.717, 1.165) is 56.9 Å². The summed E-state index contributed by atoms with van der Waals surface area (Å²) in [6.07, 6.45) is 3.67. The molecule has 142 valence electrons. The fourth-order valence-corrected chi connectivity index (χ4v) is 4.40. The molecule has 1 N–H and O–H groups in total. The van der Waals surface area contributed by atoms with Crippen LogP contribution in [0.1, 0.15) is 24.8 Å². The summed E-state index contributed by atoms with van der Waals surface area (Å²) in [6, 6.07) is 8.97. The van der Waals surface area contributed by atoms with Crippen molar-refractivity contribution in [1.82, 2.24) is 15.1 Å². The van der Waals surface area contributed by atoms with Gasteiger partial charge in [0.2, 0.25) is 0 Å². The van der Waals surface area contributed by atoms with Gasteiger partial charge in [-0.3, -0.25) is 9.89 Å². The summed E-state index contributed by atoms with van der Waals surface area (Å²) in [7, 11) is 1.90. The van der Waals surface area contributed by atoms with Gasteiger partial charge >= 0.3 is 0 Å². The molecule has 1 aromatic carbocycles. The Balaban J connectivity index is 1.33. The third kappa shape index (κ3) is 3.85. The molecule has 2 heterocycles. The molecule has 0 bridgehead atoms. The van der Waals surface area contributed by atoms with Crippen LogP contribution in [0.4, 0.5) is 0 Å². The highest BCUT2D eigenvalue weighted by Gasteiger charge is 2.44. The SMILES string of the molecule is CN=C(NCC1(c2ccc(Cl)cc2)CC1)N1CCC(N2CCOCC2)C1. The first-order valence-electron chi connectivity index (χ1n) is 9.74. The largest absolute Gasteiger partial charge is 0.379 e.